The molecule has 3 rings (SSSR count). The molecule has 2 heteroatoms. The average molecular weight is 358 g/mol. The highest BCUT2D eigenvalue weighted by Gasteiger charge is 2.40. The maximum atomic E-state index is 12.1. The second-order valence-corrected chi connectivity index (χ2v) is 6.63. The minimum Gasteiger partial charge on any atom is -0.490 e. The normalized spacial score (nSPS) is 14.1. The van der Waals surface area contributed by atoms with Gasteiger partial charge in [-0.3, -0.25) is 0 Å². The fourth-order valence-electron chi connectivity index (χ4n) is 3.68. The van der Waals surface area contributed by atoms with Gasteiger partial charge in [0, 0.05) is 5.92 Å². The van der Waals surface area contributed by atoms with Crippen molar-refractivity contribution in [1.82, 2.24) is 0 Å². The molecule has 3 aromatic carbocycles. The first-order valence-corrected chi connectivity index (χ1v) is 9.37. The predicted molar refractivity (Wildman–Crippen MR) is 111 cm³/mol. The average Bonchev–Trinajstić information content (AvgIpc) is 2.74. The van der Waals surface area contributed by atoms with Gasteiger partial charge in [-0.15, -0.1) is 0 Å². The zero-order valence-corrected chi connectivity index (χ0v) is 15.7. The van der Waals surface area contributed by atoms with Crippen LogP contribution in [-0.2, 0) is 5.60 Å². The van der Waals surface area contributed by atoms with Crippen molar-refractivity contribution in [2.24, 2.45) is 0 Å². The molecule has 0 aromatic heterocycles. The van der Waals surface area contributed by atoms with Crippen LogP contribution in [0.3, 0.4) is 0 Å². The standard InChI is InChI=1S/C25H26O2/c1-3-19-27-23-17-15-22(16-18-23)25(26,21-13-9-6-10-14-21)24(4-2)20-11-7-5-8-12-20/h3,5-18,24,26H,1,4,19H2,2H3. The molecule has 2 atom stereocenters. The van der Waals surface area contributed by atoms with Crippen LogP contribution in [-0.4, -0.2) is 11.7 Å². The van der Waals surface area contributed by atoms with Crippen molar-refractivity contribution in [3.05, 3.63) is 114 Å². The molecule has 0 aliphatic rings. The van der Waals surface area contributed by atoms with Crippen LogP contribution in [0.4, 0.5) is 0 Å². The van der Waals surface area contributed by atoms with Gasteiger partial charge in [0.15, 0.2) is 0 Å². The molecular weight excluding hydrogens is 332 g/mol. The summed E-state index contributed by atoms with van der Waals surface area (Å²) < 4.78 is 5.60. The van der Waals surface area contributed by atoms with E-state index >= 15 is 0 Å². The number of hydrogen-bond donors (Lipinski definition) is 1. The van der Waals surface area contributed by atoms with Gasteiger partial charge in [0.1, 0.15) is 18.0 Å². The van der Waals surface area contributed by atoms with Crippen molar-refractivity contribution in [2.45, 2.75) is 24.9 Å². The van der Waals surface area contributed by atoms with Gasteiger partial charge in [-0.2, -0.15) is 0 Å². The SMILES string of the molecule is C=CCOc1ccc(C(O)(c2ccccc2)C(CC)c2ccccc2)cc1. The van der Waals surface area contributed by atoms with Gasteiger partial charge in [0.05, 0.1) is 0 Å². The second kappa shape index (κ2) is 8.70. The minimum atomic E-state index is -1.13. The number of aliphatic hydroxyl groups is 1. The highest BCUT2D eigenvalue weighted by atomic mass is 16.5. The molecule has 27 heavy (non-hydrogen) atoms. The van der Waals surface area contributed by atoms with Gasteiger partial charge in [0.25, 0.3) is 0 Å². The first-order valence-electron chi connectivity index (χ1n) is 9.37. The summed E-state index contributed by atoms with van der Waals surface area (Å²) in [5, 5.41) is 12.1. The van der Waals surface area contributed by atoms with Crippen molar-refractivity contribution in [1.29, 1.82) is 0 Å². The van der Waals surface area contributed by atoms with Gasteiger partial charge < -0.3 is 9.84 Å². The van der Waals surface area contributed by atoms with Gasteiger partial charge in [-0.1, -0.05) is 92.4 Å². The Bertz CT molecular complexity index is 841. The Kier molecular flexibility index (Phi) is 6.10. The topological polar surface area (TPSA) is 29.5 Å². The van der Waals surface area contributed by atoms with Crippen molar-refractivity contribution in [3.63, 3.8) is 0 Å². The third kappa shape index (κ3) is 3.96. The second-order valence-electron chi connectivity index (χ2n) is 6.63. The van der Waals surface area contributed by atoms with E-state index in [4.69, 9.17) is 4.74 Å². The quantitative estimate of drug-likeness (QED) is 0.525. The molecule has 0 aliphatic heterocycles. The van der Waals surface area contributed by atoms with Crippen LogP contribution in [0, 0.1) is 0 Å². The van der Waals surface area contributed by atoms with Gasteiger partial charge in [0.2, 0.25) is 0 Å². The van der Waals surface area contributed by atoms with Crippen LogP contribution < -0.4 is 4.74 Å². The number of benzene rings is 3. The molecule has 0 fully saturated rings. The van der Waals surface area contributed by atoms with Crippen molar-refractivity contribution in [3.8, 4) is 5.75 Å². The summed E-state index contributed by atoms with van der Waals surface area (Å²) in [5.41, 5.74) is 1.74. The maximum Gasteiger partial charge on any atom is 0.121 e. The van der Waals surface area contributed by atoms with E-state index in [1.807, 2.05) is 72.8 Å². The van der Waals surface area contributed by atoms with Crippen LogP contribution in [0.15, 0.2) is 97.6 Å². The summed E-state index contributed by atoms with van der Waals surface area (Å²) >= 11 is 0. The summed E-state index contributed by atoms with van der Waals surface area (Å²) in [6.07, 6.45) is 2.53. The van der Waals surface area contributed by atoms with Crippen LogP contribution in [0.5, 0.6) is 5.75 Å². The lowest BCUT2D eigenvalue weighted by molar-refractivity contribution is 0.0476. The van der Waals surface area contributed by atoms with E-state index in [9.17, 15) is 5.11 Å². The van der Waals surface area contributed by atoms with Gasteiger partial charge in [-0.25, -0.2) is 0 Å². The van der Waals surface area contributed by atoms with Crippen molar-refractivity contribution >= 4 is 0 Å². The molecule has 0 amide bonds. The number of hydrogen-bond acceptors (Lipinski definition) is 2. The Hall–Kier alpha value is -2.84. The van der Waals surface area contributed by atoms with Gasteiger partial charge >= 0.3 is 0 Å². The molecule has 0 bridgehead atoms. The summed E-state index contributed by atoms with van der Waals surface area (Å²) in [6.45, 7) is 6.26. The van der Waals surface area contributed by atoms with E-state index in [0.29, 0.717) is 6.61 Å². The van der Waals surface area contributed by atoms with E-state index in [2.05, 4.69) is 25.6 Å². The zero-order valence-electron chi connectivity index (χ0n) is 15.7. The molecule has 0 heterocycles. The Morgan fingerprint density at radius 1 is 0.889 bits per heavy atom. The van der Waals surface area contributed by atoms with E-state index in [0.717, 1.165) is 28.9 Å². The highest BCUT2D eigenvalue weighted by molar-refractivity contribution is 5.43. The molecule has 0 aliphatic carbocycles. The molecule has 138 valence electrons. The van der Waals surface area contributed by atoms with Crippen molar-refractivity contribution in [2.75, 3.05) is 6.61 Å². The molecule has 2 unspecified atom stereocenters. The lowest BCUT2D eigenvalue weighted by Gasteiger charge is -2.37. The molecule has 3 aromatic rings. The largest absolute Gasteiger partial charge is 0.490 e. The van der Waals surface area contributed by atoms with Gasteiger partial charge in [-0.05, 0) is 35.2 Å². The summed E-state index contributed by atoms with van der Waals surface area (Å²) in [5.74, 6) is 0.697. The molecule has 0 spiro atoms. The Morgan fingerprint density at radius 3 is 2.00 bits per heavy atom. The van der Waals surface area contributed by atoms with Crippen LogP contribution in [0.2, 0.25) is 0 Å². The van der Waals surface area contributed by atoms with E-state index in [1.165, 1.54) is 0 Å². The number of ether oxygens (including phenoxy) is 1. The third-order valence-electron chi connectivity index (χ3n) is 4.99. The molecule has 1 N–H and O–H groups in total. The lowest BCUT2D eigenvalue weighted by atomic mass is 9.72. The highest BCUT2D eigenvalue weighted by Crippen LogP contribution is 2.44. The van der Waals surface area contributed by atoms with Crippen molar-refractivity contribution < 1.29 is 9.84 Å². The molecular formula is C25H26O2. The predicted octanol–water partition coefficient (Wildman–Crippen LogP) is 5.68. The monoisotopic (exact) mass is 358 g/mol. The molecule has 0 saturated heterocycles. The Labute approximate surface area is 161 Å². The fourth-order valence-corrected chi connectivity index (χ4v) is 3.68. The molecule has 0 radical (unpaired) electrons. The minimum absolute atomic E-state index is 0.0685. The van der Waals surface area contributed by atoms with Crippen LogP contribution in [0.1, 0.15) is 36.0 Å². The Balaban J connectivity index is 2.09. The smallest absolute Gasteiger partial charge is 0.121 e. The first kappa shape index (κ1) is 18.9. The summed E-state index contributed by atoms with van der Waals surface area (Å²) in [6, 6.07) is 27.9. The maximum absolute atomic E-state index is 12.1. The third-order valence-corrected chi connectivity index (χ3v) is 4.99. The van der Waals surface area contributed by atoms with Crippen LogP contribution >= 0.6 is 0 Å². The summed E-state index contributed by atoms with van der Waals surface area (Å²) in [4.78, 5) is 0. The zero-order chi connectivity index (χ0) is 19.1. The lowest BCUT2D eigenvalue weighted by Crippen LogP contribution is -2.34. The molecule has 0 saturated carbocycles. The van der Waals surface area contributed by atoms with Crippen LogP contribution in [0.25, 0.3) is 0 Å². The van der Waals surface area contributed by atoms with E-state index < -0.39 is 5.60 Å². The summed E-state index contributed by atoms with van der Waals surface area (Å²) in [7, 11) is 0. The fraction of sp³-hybridized carbons (Fsp3) is 0.200. The number of rotatable bonds is 8. The first-order chi connectivity index (χ1) is 13.2. The van der Waals surface area contributed by atoms with E-state index in [-0.39, 0.29) is 5.92 Å². The Morgan fingerprint density at radius 2 is 1.44 bits per heavy atom. The molecule has 2 nitrogen and oxygen atoms in total. The van der Waals surface area contributed by atoms with E-state index in [1.54, 1.807) is 6.08 Å².